The molecular weight excluding hydrogens is 326 g/mol. The van der Waals surface area contributed by atoms with Crippen molar-refractivity contribution in [3.63, 3.8) is 0 Å². The van der Waals surface area contributed by atoms with Crippen molar-refractivity contribution in [1.29, 1.82) is 0 Å². The highest BCUT2D eigenvalue weighted by Gasteiger charge is 2.20. The second kappa shape index (κ2) is 6.97. The molecule has 2 aromatic heterocycles. The highest BCUT2D eigenvalue weighted by Crippen LogP contribution is 2.25. The lowest BCUT2D eigenvalue weighted by atomic mass is 10.1. The Kier molecular flexibility index (Phi) is 4.53. The number of aliphatic hydroxyl groups excluding tert-OH is 1. The van der Waals surface area contributed by atoms with Crippen LogP contribution < -0.4 is 5.32 Å². The van der Waals surface area contributed by atoms with Crippen LogP contribution in [0.25, 0.3) is 11.0 Å². The van der Waals surface area contributed by atoms with Gasteiger partial charge in [-0.2, -0.15) is 0 Å². The van der Waals surface area contributed by atoms with E-state index in [9.17, 15) is 5.11 Å². The second-order valence-corrected chi connectivity index (χ2v) is 6.98. The van der Waals surface area contributed by atoms with Crippen LogP contribution in [0.5, 0.6) is 0 Å². The van der Waals surface area contributed by atoms with E-state index in [4.69, 9.17) is 0 Å². The molecule has 0 amide bonds. The maximum Gasteiger partial charge on any atom is 0.160 e. The van der Waals surface area contributed by atoms with E-state index < -0.39 is 0 Å². The summed E-state index contributed by atoms with van der Waals surface area (Å²) >= 11 is 0. The highest BCUT2D eigenvalue weighted by molar-refractivity contribution is 5.87. The summed E-state index contributed by atoms with van der Waals surface area (Å²) in [7, 11) is 0. The molecular formula is C20H23N5O. The van der Waals surface area contributed by atoms with E-state index in [1.807, 2.05) is 18.3 Å². The van der Waals surface area contributed by atoms with Gasteiger partial charge in [-0.25, -0.2) is 9.97 Å². The van der Waals surface area contributed by atoms with Gasteiger partial charge in [-0.3, -0.25) is 9.88 Å². The Labute approximate surface area is 152 Å². The summed E-state index contributed by atoms with van der Waals surface area (Å²) in [5, 5.41) is 13.1. The molecule has 1 atom stereocenters. The number of pyridine rings is 1. The van der Waals surface area contributed by atoms with E-state index in [0.29, 0.717) is 5.82 Å². The van der Waals surface area contributed by atoms with Crippen LogP contribution in [0.3, 0.4) is 0 Å². The minimum atomic E-state index is -0.209. The third-order valence-corrected chi connectivity index (χ3v) is 5.04. The average Bonchev–Trinajstić information content (AvgIpc) is 3.04. The molecule has 0 unspecified atom stereocenters. The van der Waals surface area contributed by atoms with Crippen LogP contribution in [0.1, 0.15) is 23.1 Å². The number of rotatable bonds is 4. The van der Waals surface area contributed by atoms with Crippen LogP contribution in [0.2, 0.25) is 0 Å². The standard InChI is InChI=1S/C20H23N5O/c1-13-4-3-5-17(14(13)2)24-20-19-18(22-12-23-20)8-15(9-21-19)10-25-7-6-16(26)11-25/h3-5,8-9,12,16,26H,6-7,10-11H2,1-2H3,(H,22,23,24)/t16-/m1/s1. The van der Waals surface area contributed by atoms with Crippen molar-refractivity contribution in [3.8, 4) is 0 Å². The van der Waals surface area contributed by atoms with Gasteiger partial charge in [0.2, 0.25) is 0 Å². The van der Waals surface area contributed by atoms with Crippen LogP contribution in [0, 0.1) is 13.8 Å². The zero-order chi connectivity index (χ0) is 18.1. The summed E-state index contributed by atoms with van der Waals surface area (Å²) in [5.74, 6) is 0.715. The van der Waals surface area contributed by atoms with Crippen LogP contribution in [0.4, 0.5) is 11.5 Å². The van der Waals surface area contributed by atoms with Crippen molar-refractivity contribution in [3.05, 3.63) is 53.5 Å². The molecule has 134 valence electrons. The first-order valence-corrected chi connectivity index (χ1v) is 8.93. The normalized spacial score (nSPS) is 17.7. The molecule has 26 heavy (non-hydrogen) atoms. The van der Waals surface area contributed by atoms with Crippen LogP contribution in [-0.4, -0.2) is 44.2 Å². The number of benzene rings is 1. The number of likely N-dealkylation sites (tertiary alicyclic amines) is 1. The van der Waals surface area contributed by atoms with Gasteiger partial charge in [0.05, 0.1) is 11.6 Å². The van der Waals surface area contributed by atoms with Crippen molar-refractivity contribution in [2.45, 2.75) is 32.9 Å². The van der Waals surface area contributed by atoms with Crippen molar-refractivity contribution in [2.75, 3.05) is 18.4 Å². The Morgan fingerprint density at radius 3 is 2.92 bits per heavy atom. The number of β-amino-alcohol motifs (C(OH)–C–C–N with tert-alkyl or cyclic N) is 1. The summed E-state index contributed by atoms with van der Waals surface area (Å²) in [6.07, 6.45) is 4.08. The first-order valence-electron chi connectivity index (χ1n) is 8.93. The monoisotopic (exact) mass is 349 g/mol. The summed E-state index contributed by atoms with van der Waals surface area (Å²) < 4.78 is 0. The molecule has 0 bridgehead atoms. The highest BCUT2D eigenvalue weighted by atomic mass is 16.3. The third kappa shape index (κ3) is 3.38. The number of fused-ring (bicyclic) bond motifs is 1. The molecule has 0 radical (unpaired) electrons. The molecule has 3 aromatic rings. The zero-order valence-corrected chi connectivity index (χ0v) is 15.1. The predicted octanol–water partition coefficient (Wildman–Crippen LogP) is 2.95. The van der Waals surface area contributed by atoms with E-state index in [1.165, 1.54) is 11.1 Å². The van der Waals surface area contributed by atoms with Crippen molar-refractivity contribution >= 4 is 22.5 Å². The predicted molar refractivity (Wildman–Crippen MR) is 102 cm³/mol. The van der Waals surface area contributed by atoms with E-state index in [2.05, 4.69) is 51.1 Å². The maximum absolute atomic E-state index is 9.68. The number of hydrogen-bond acceptors (Lipinski definition) is 6. The Hall–Kier alpha value is -2.57. The maximum atomic E-state index is 9.68. The SMILES string of the molecule is Cc1cccc(Nc2ncnc3cc(CN4CC[C@@H](O)C4)cnc23)c1C. The van der Waals surface area contributed by atoms with Crippen molar-refractivity contribution in [2.24, 2.45) is 0 Å². The molecule has 4 rings (SSSR count). The second-order valence-electron chi connectivity index (χ2n) is 6.98. The summed E-state index contributed by atoms with van der Waals surface area (Å²) in [6, 6.07) is 8.23. The van der Waals surface area contributed by atoms with Gasteiger partial charge in [0.1, 0.15) is 11.8 Å². The molecule has 6 nitrogen and oxygen atoms in total. The molecule has 1 saturated heterocycles. The zero-order valence-electron chi connectivity index (χ0n) is 15.1. The molecule has 0 aliphatic carbocycles. The van der Waals surface area contributed by atoms with Gasteiger partial charge in [0.25, 0.3) is 0 Å². The number of aromatic nitrogens is 3. The summed E-state index contributed by atoms with van der Waals surface area (Å²) in [5.41, 5.74) is 6.15. The fourth-order valence-corrected chi connectivity index (χ4v) is 3.39. The van der Waals surface area contributed by atoms with Gasteiger partial charge < -0.3 is 10.4 Å². The van der Waals surface area contributed by atoms with Crippen molar-refractivity contribution in [1.82, 2.24) is 19.9 Å². The number of nitrogens with one attached hydrogen (secondary N) is 1. The van der Waals surface area contributed by atoms with E-state index in [-0.39, 0.29) is 6.10 Å². The van der Waals surface area contributed by atoms with Crippen LogP contribution in [0.15, 0.2) is 36.8 Å². The van der Waals surface area contributed by atoms with Crippen LogP contribution >= 0.6 is 0 Å². The van der Waals surface area contributed by atoms with E-state index in [1.54, 1.807) is 6.33 Å². The number of aryl methyl sites for hydroxylation is 1. The van der Waals surface area contributed by atoms with Gasteiger partial charge >= 0.3 is 0 Å². The minimum absolute atomic E-state index is 0.209. The van der Waals surface area contributed by atoms with Gasteiger partial charge in [-0.15, -0.1) is 0 Å². The van der Waals surface area contributed by atoms with Gasteiger partial charge in [-0.05, 0) is 49.1 Å². The molecule has 1 aliphatic heterocycles. The van der Waals surface area contributed by atoms with Gasteiger partial charge in [0.15, 0.2) is 5.82 Å². The lowest BCUT2D eigenvalue weighted by Gasteiger charge is -2.15. The number of hydrogen-bond donors (Lipinski definition) is 2. The first-order chi connectivity index (χ1) is 12.6. The third-order valence-electron chi connectivity index (χ3n) is 5.04. The van der Waals surface area contributed by atoms with Crippen molar-refractivity contribution < 1.29 is 5.11 Å². The largest absolute Gasteiger partial charge is 0.392 e. The molecule has 2 N–H and O–H groups in total. The molecule has 0 saturated carbocycles. The van der Waals surface area contributed by atoms with Crippen LogP contribution in [-0.2, 0) is 6.54 Å². The average molecular weight is 349 g/mol. The lowest BCUT2D eigenvalue weighted by Crippen LogP contribution is -2.21. The molecule has 1 fully saturated rings. The Balaban J connectivity index is 1.61. The quantitative estimate of drug-likeness (QED) is 0.754. The lowest BCUT2D eigenvalue weighted by molar-refractivity contribution is 0.175. The Bertz CT molecular complexity index is 943. The summed E-state index contributed by atoms with van der Waals surface area (Å²) in [6.45, 7) is 6.61. The first kappa shape index (κ1) is 16.9. The van der Waals surface area contributed by atoms with E-state index >= 15 is 0 Å². The van der Waals surface area contributed by atoms with Gasteiger partial charge in [-0.1, -0.05) is 12.1 Å². The fraction of sp³-hybridized carbons (Fsp3) is 0.350. The molecule has 1 aliphatic rings. The smallest absolute Gasteiger partial charge is 0.160 e. The molecule has 6 heteroatoms. The number of aliphatic hydroxyl groups is 1. The Morgan fingerprint density at radius 2 is 2.12 bits per heavy atom. The minimum Gasteiger partial charge on any atom is -0.392 e. The Morgan fingerprint density at radius 1 is 1.23 bits per heavy atom. The topological polar surface area (TPSA) is 74.2 Å². The molecule has 0 spiro atoms. The number of anilines is 2. The molecule has 3 heterocycles. The fourth-order valence-electron chi connectivity index (χ4n) is 3.39. The van der Waals surface area contributed by atoms with Gasteiger partial charge in [0, 0.05) is 31.5 Å². The summed E-state index contributed by atoms with van der Waals surface area (Å²) in [4.78, 5) is 15.6. The number of nitrogens with zero attached hydrogens (tertiary/aromatic N) is 4. The molecule has 1 aromatic carbocycles. The van der Waals surface area contributed by atoms with E-state index in [0.717, 1.165) is 48.3 Å².